The average Bonchev–Trinajstić information content (AvgIpc) is 2.19. The molecule has 3 nitrogen and oxygen atoms in total. The lowest BCUT2D eigenvalue weighted by atomic mass is 10.2. The minimum Gasteiger partial charge on any atom is -0.471 e. The molecule has 0 bridgehead atoms. The van der Waals surface area contributed by atoms with Gasteiger partial charge in [0.1, 0.15) is 5.75 Å². The maximum atomic E-state index is 9.72. The first-order valence-electron chi connectivity index (χ1n) is 4.12. The topological polar surface area (TPSA) is 38.7 Å². The van der Waals surface area contributed by atoms with E-state index in [2.05, 4.69) is 11.9 Å². The zero-order chi connectivity index (χ0) is 9.52. The van der Waals surface area contributed by atoms with Crippen LogP contribution in [0.1, 0.15) is 12.5 Å². The summed E-state index contributed by atoms with van der Waals surface area (Å²) in [5.41, 5.74) is 1.26. The summed E-state index contributed by atoms with van der Waals surface area (Å²) in [5.74, 6) is 0.719. The van der Waals surface area contributed by atoms with Crippen LogP contribution in [0.25, 0.3) is 0 Å². The van der Waals surface area contributed by atoms with Gasteiger partial charge < -0.3 is 4.74 Å². The molecule has 0 spiro atoms. The minimum absolute atomic E-state index is 0.0367. The fourth-order valence-electron chi connectivity index (χ4n) is 0.955. The van der Waals surface area contributed by atoms with Crippen LogP contribution in [-0.4, -0.2) is 12.8 Å². The second-order valence-electron chi connectivity index (χ2n) is 2.52. The third-order valence-corrected chi connectivity index (χ3v) is 1.69. The quantitative estimate of drug-likeness (QED) is 0.520. The maximum absolute atomic E-state index is 9.72. The molecule has 1 aromatic carbocycles. The summed E-state index contributed by atoms with van der Waals surface area (Å²) in [6, 6.07) is 7.69. The molecule has 0 saturated heterocycles. The number of rotatable bonds is 4. The van der Waals surface area contributed by atoms with E-state index in [1.807, 2.05) is 24.3 Å². The highest BCUT2D eigenvalue weighted by Crippen LogP contribution is 2.12. The van der Waals surface area contributed by atoms with Crippen LogP contribution in [0.4, 0.5) is 0 Å². The van der Waals surface area contributed by atoms with Crippen molar-refractivity contribution in [2.24, 2.45) is 4.99 Å². The van der Waals surface area contributed by atoms with Crippen LogP contribution in [0.3, 0.4) is 0 Å². The van der Waals surface area contributed by atoms with Gasteiger partial charge in [-0.2, -0.15) is 4.99 Å². The first-order chi connectivity index (χ1) is 6.36. The molecule has 0 amide bonds. The Morgan fingerprint density at radius 3 is 2.62 bits per heavy atom. The number of aliphatic imine (C=N–C) groups is 1. The normalized spacial score (nSPS) is 9.00. The van der Waals surface area contributed by atoms with Gasteiger partial charge in [-0.05, 0) is 24.1 Å². The van der Waals surface area contributed by atoms with Gasteiger partial charge in [-0.1, -0.05) is 19.1 Å². The van der Waals surface area contributed by atoms with Crippen LogP contribution >= 0.6 is 0 Å². The SMILES string of the molecule is CCc1ccc(OCN=C=O)cc1. The Morgan fingerprint density at radius 2 is 2.08 bits per heavy atom. The zero-order valence-electron chi connectivity index (χ0n) is 7.49. The number of ether oxygens (including phenoxy) is 1. The van der Waals surface area contributed by atoms with Crippen LogP contribution in [-0.2, 0) is 11.2 Å². The summed E-state index contributed by atoms with van der Waals surface area (Å²) in [6.45, 7) is 2.13. The summed E-state index contributed by atoms with van der Waals surface area (Å²) in [4.78, 5) is 13.0. The van der Waals surface area contributed by atoms with E-state index in [1.54, 1.807) is 0 Å². The fourth-order valence-corrected chi connectivity index (χ4v) is 0.955. The van der Waals surface area contributed by atoms with Gasteiger partial charge in [-0.25, -0.2) is 4.79 Å². The van der Waals surface area contributed by atoms with E-state index in [9.17, 15) is 4.79 Å². The highest BCUT2D eigenvalue weighted by Gasteiger charge is 1.92. The highest BCUT2D eigenvalue weighted by atomic mass is 16.5. The van der Waals surface area contributed by atoms with Crippen molar-refractivity contribution in [3.8, 4) is 5.75 Å². The van der Waals surface area contributed by atoms with E-state index in [1.165, 1.54) is 11.6 Å². The monoisotopic (exact) mass is 177 g/mol. The van der Waals surface area contributed by atoms with Gasteiger partial charge in [0, 0.05) is 0 Å². The standard InChI is InChI=1S/C10H11NO2/c1-2-9-3-5-10(6-4-9)13-8-11-7-12/h3-6H,2,8H2,1H3. The molecule has 0 heterocycles. The van der Waals surface area contributed by atoms with Crippen LogP contribution in [0, 0.1) is 0 Å². The molecule has 0 radical (unpaired) electrons. The summed E-state index contributed by atoms with van der Waals surface area (Å²) in [5, 5.41) is 0. The average molecular weight is 177 g/mol. The summed E-state index contributed by atoms with van der Waals surface area (Å²) < 4.78 is 5.12. The lowest BCUT2D eigenvalue weighted by molar-refractivity contribution is 0.330. The molecule has 0 aliphatic heterocycles. The number of isocyanates is 1. The Labute approximate surface area is 77.1 Å². The minimum atomic E-state index is 0.0367. The molecule has 0 aromatic heterocycles. The number of hydrogen-bond donors (Lipinski definition) is 0. The van der Waals surface area contributed by atoms with Gasteiger partial charge in [0.25, 0.3) is 0 Å². The number of hydrogen-bond acceptors (Lipinski definition) is 3. The predicted octanol–water partition coefficient (Wildman–Crippen LogP) is 1.92. The molecule has 0 aliphatic rings. The number of aryl methyl sites for hydroxylation is 1. The Kier molecular flexibility index (Phi) is 3.74. The van der Waals surface area contributed by atoms with Crippen molar-refractivity contribution in [1.29, 1.82) is 0 Å². The van der Waals surface area contributed by atoms with Gasteiger partial charge in [0.15, 0.2) is 6.73 Å². The van der Waals surface area contributed by atoms with Crippen molar-refractivity contribution in [2.45, 2.75) is 13.3 Å². The first kappa shape index (κ1) is 9.49. The molecule has 1 aromatic rings. The molecular formula is C10H11NO2. The predicted molar refractivity (Wildman–Crippen MR) is 49.4 cm³/mol. The van der Waals surface area contributed by atoms with E-state index < -0.39 is 0 Å². The third-order valence-electron chi connectivity index (χ3n) is 1.69. The van der Waals surface area contributed by atoms with Gasteiger partial charge >= 0.3 is 0 Å². The molecule has 0 unspecified atom stereocenters. The molecule has 0 N–H and O–H groups in total. The van der Waals surface area contributed by atoms with Crippen molar-refractivity contribution in [3.05, 3.63) is 29.8 Å². The molecular weight excluding hydrogens is 166 g/mol. The maximum Gasteiger partial charge on any atom is 0.238 e. The summed E-state index contributed by atoms with van der Waals surface area (Å²) >= 11 is 0. The Hall–Kier alpha value is -1.60. The Bertz CT molecular complexity index is 299. The molecule has 0 fully saturated rings. The number of nitrogens with zero attached hydrogens (tertiary/aromatic N) is 1. The first-order valence-corrected chi connectivity index (χ1v) is 4.12. The molecule has 0 atom stereocenters. The fraction of sp³-hybridized carbons (Fsp3) is 0.300. The number of benzene rings is 1. The highest BCUT2D eigenvalue weighted by molar-refractivity contribution is 5.33. The molecule has 0 aliphatic carbocycles. The van der Waals surface area contributed by atoms with Crippen LogP contribution < -0.4 is 4.74 Å². The van der Waals surface area contributed by atoms with Crippen molar-refractivity contribution < 1.29 is 9.53 Å². The van der Waals surface area contributed by atoms with Crippen LogP contribution in [0.5, 0.6) is 5.75 Å². The molecule has 68 valence electrons. The Morgan fingerprint density at radius 1 is 1.38 bits per heavy atom. The van der Waals surface area contributed by atoms with Crippen molar-refractivity contribution in [1.82, 2.24) is 0 Å². The van der Waals surface area contributed by atoms with E-state index in [0.717, 1.165) is 12.2 Å². The number of carbonyl (C=O) groups excluding carboxylic acids is 1. The lowest BCUT2D eigenvalue weighted by Crippen LogP contribution is -1.93. The van der Waals surface area contributed by atoms with Crippen molar-refractivity contribution in [2.75, 3.05) is 6.73 Å². The van der Waals surface area contributed by atoms with E-state index in [0.29, 0.717) is 0 Å². The van der Waals surface area contributed by atoms with E-state index in [4.69, 9.17) is 4.74 Å². The summed E-state index contributed by atoms with van der Waals surface area (Å²) in [6.07, 6.45) is 2.42. The zero-order valence-corrected chi connectivity index (χ0v) is 7.49. The lowest BCUT2D eigenvalue weighted by Gasteiger charge is -2.02. The van der Waals surface area contributed by atoms with Crippen molar-refractivity contribution in [3.63, 3.8) is 0 Å². The smallest absolute Gasteiger partial charge is 0.238 e. The molecule has 13 heavy (non-hydrogen) atoms. The second kappa shape index (κ2) is 5.12. The summed E-state index contributed by atoms with van der Waals surface area (Å²) in [7, 11) is 0. The van der Waals surface area contributed by atoms with Crippen LogP contribution in [0.2, 0.25) is 0 Å². The molecule has 1 rings (SSSR count). The van der Waals surface area contributed by atoms with Gasteiger partial charge in [0.05, 0.1) is 0 Å². The van der Waals surface area contributed by atoms with Gasteiger partial charge in [-0.3, -0.25) is 0 Å². The Balaban J connectivity index is 2.53. The van der Waals surface area contributed by atoms with Crippen molar-refractivity contribution >= 4 is 6.08 Å². The third kappa shape index (κ3) is 3.09. The molecule has 3 heteroatoms. The van der Waals surface area contributed by atoms with Crippen LogP contribution in [0.15, 0.2) is 29.3 Å². The largest absolute Gasteiger partial charge is 0.471 e. The van der Waals surface area contributed by atoms with E-state index in [-0.39, 0.29) is 6.73 Å². The second-order valence-corrected chi connectivity index (χ2v) is 2.52. The van der Waals surface area contributed by atoms with Gasteiger partial charge in [-0.15, -0.1) is 0 Å². The molecule has 0 saturated carbocycles. The van der Waals surface area contributed by atoms with Gasteiger partial charge in [0.2, 0.25) is 6.08 Å². The van der Waals surface area contributed by atoms with E-state index >= 15 is 0 Å².